The van der Waals surface area contributed by atoms with Crippen LogP contribution >= 0.6 is 11.7 Å². The van der Waals surface area contributed by atoms with Crippen LogP contribution in [0.5, 0.6) is 5.88 Å². The van der Waals surface area contributed by atoms with Crippen molar-refractivity contribution >= 4 is 23.3 Å². The summed E-state index contributed by atoms with van der Waals surface area (Å²) in [4.78, 5) is 12.0. The summed E-state index contributed by atoms with van der Waals surface area (Å²) in [6.07, 6.45) is 13.9. The number of carbonyl (C=O) groups is 1. The van der Waals surface area contributed by atoms with Gasteiger partial charge in [0.25, 0.3) is 5.88 Å². The molecule has 2 atom stereocenters. The van der Waals surface area contributed by atoms with Crippen molar-refractivity contribution in [3.8, 4) is 5.88 Å². The van der Waals surface area contributed by atoms with Crippen LogP contribution in [-0.2, 0) is 9.53 Å². The van der Waals surface area contributed by atoms with Crippen LogP contribution in [0.3, 0.4) is 0 Å². The van der Waals surface area contributed by atoms with Gasteiger partial charge in [0.05, 0.1) is 31.9 Å². The maximum Gasteiger partial charge on any atom is 0.307 e. The summed E-state index contributed by atoms with van der Waals surface area (Å²) in [6.45, 7) is 6.22. The summed E-state index contributed by atoms with van der Waals surface area (Å²) in [5.41, 5.74) is 2.05. The van der Waals surface area contributed by atoms with Gasteiger partial charge in [-0.15, -0.1) is 4.37 Å². The minimum atomic E-state index is -0.174. The van der Waals surface area contributed by atoms with E-state index in [1.165, 1.54) is 62.7 Å². The smallest absolute Gasteiger partial charge is 0.307 e. The fourth-order valence-corrected chi connectivity index (χ4v) is 5.48. The van der Waals surface area contributed by atoms with Crippen LogP contribution in [-0.4, -0.2) is 64.4 Å². The standard InChI is InChI=1S/C23H38N3O3S.CH4O/c1-4-5-6-10-16-28-22-21(24-30-25-22)20-14-11-15-26(3,17-20)23(29-18(2)27)19-12-8-7-9-13-19;1-2/h14,19,23H,4-13,15-17H2,1-3H3;2H,1H3/q+1;. The number of hydrogen-bond donors (Lipinski definition) is 1. The predicted molar refractivity (Wildman–Crippen MR) is 128 cm³/mol. The minimum Gasteiger partial charge on any atom is -0.475 e. The van der Waals surface area contributed by atoms with Gasteiger partial charge in [-0.05, 0) is 19.3 Å². The number of rotatable bonds is 10. The molecule has 3 rings (SSSR count). The Bertz CT molecular complexity index is 718. The van der Waals surface area contributed by atoms with E-state index in [4.69, 9.17) is 14.6 Å². The predicted octanol–water partition coefficient (Wildman–Crippen LogP) is 4.81. The zero-order valence-electron chi connectivity index (χ0n) is 20.3. The first-order valence-corrected chi connectivity index (χ1v) is 12.9. The molecule has 7 nitrogen and oxygen atoms in total. The molecule has 1 N–H and O–H groups in total. The van der Waals surface area contributed by atoms with Crippen LogP contribution in [0, 0.1) is 5.92 Å². The third kappa shape index (κ3) is 7.52. The molecule has 1 aliphatic heterocycles. The lowest BCUT2D eigenvalue weighted by Gasteiger charge is -2.46. The number of hydrogen-bond acceptors (Lipinski definition) is 7. The molecule has 32 heavy (non-hydrogen) atoms. The lowest BCUT2D eigenvalue weighted by atomic mass is 9.86. The third-order valence-electron chi connectivity index (χ3n) is 6.52. The van der Waals surface area contributed by atoms with Crippen molar-refractivity contribution in [3.05, 3.63) is 11.8 Å². The quantitative estimate of drug-likeness (QED) is 0.301. The number of ether oxygens (including phenoxy) is 2. The van der Waals surface area contributed by atoms with Gasteiger partial charge in [-0.25, -0.2) is 0 Å². The van der Waals surface area contributed by atoms with Crippen molar-refractivity contribution in [1.82, 2.24) is 8.75 Å². The molecule has 2 heterocycles. The van der Waals surface area contributed by atoms with Gasteiger partial charge >= 0.3 is 5.97 Å². The lowest BCUT2D eigenvalue weighted by Crippen LogP contribution is -2.59. The summed E-state index contributed by atoms with van der Waals surface area (Å²) in [7, 11) is 3.24. The molecular formula is C24H42N3O4S+. The lowest BCUT2D eigenvalue weighted by molar-refractivity contribution is -0.951. The van der Waals surface area contributed by atoms with Crippen molar-refractivity contribution in [3.63, 3.8) is 0 Å². The third-order valence-corrected chi connectivity index (χ3v) is 7.03. The van der Waals surface area contributed by atoms with E-state index in [9.17, 15) is 4.79 Å². The fraction of sp³-hybridized carbons (Fsp3) is 0.792. The molecule has 8 heteroatoms. The van der Waals surface area contributed by atoms with Gasteiger partial charge in [-0.1, -0.05) is 51.5 Å². The van der Waals surface area contributed by atoms with Gasteiger partial charge < -0.3 is 14.6 Å². The average molecular weight is 469 g/mol. The topological polar surface area (TPSA) is 81.5 Å². The Morgan fingerprint density at radius 1 is 1.22 bits per heavy atom. The minimum absolute atomic E-state index is 0.0866. The van der Waals surface area contributed by atoms with E-state index in [0.717, 1.165) is 56.1 Å². The van der Waals surface area contributed by atoms with Gasteiger partial charge in [0, 0.05) is 31.9 Å². The Morgan fingerprint density at radius 2 is 1.97 bits per heavy atom. The molecule has 0 spiro atoms. The van der Waals surface area contributed by atoms with Crippen LogP contribution in [0.15, 0.2) is 6.08 Å². The highest BCUT2D eigenvalue weighted by atomic mass is 32.1. The monoisotopic (exact) mass is 468 g/mol. The Balaban J connectivity index is 0.00000176. The number of aliphatic hydroxyl groups excluding tert-OH is 1. The Kier molecular flexibility index (Phi) is 11.6. The maximum absolute atomic E-state index is 12.0. The Labute approximate surface area is 197 Å². The molecule has 1 aromatic rings. The highest BCUT2D eigenvalue weighted by Crippen LogP contribution is 2.37. The van der Waals surface area contributed by atoms with E-state index in [0.29, 0.717) is 18.4 Å². The van der Waals surface area contributed by atoms with Crippen molar-refractivity contribution in [2.45, 2.75) is 84.3 Å². The number of likely N-dealkylation sites (N-methyl/N-ethyl adjacent to an activating group) is 1. The molecule has 1 aromatic heterocycles. The molecule has 0 saturated heterocycles. The number of aromatic nitrogens is 2. The second kappa shape index (κ2) is 13.9. The van der Waals surface area contributed by atoms with Crippen molar-refractivity contribution in [2.75, 3.05) is 33.9 Å². The summed E-state index contributed by atoms with van der Waals surface area (Å²) >= 11 is 1.22. The maximum atomic E-state index is 12.0. The van der Waals surface area contributed by atoms with Crippen LogP contribution in [0.4, 0.5) is 0 Å². The van der Waals surface area contributed by atoms with Crippen LogP contribution in [0.25, 0.3) is 5.57 Å². The zero-order valence-corrected chi connectivity index (χ0v) is 21.2. The highest BCUT2D eigenvalue weighted by Gasteiger charge is 2.43. The molecule has 1 aliphatic carbocycles. The van der Waals surface area contributed by atoms with Crippen molar-refractivity contribution in [1.29, 1.82) is 0 Å². The largest absolute Gasteiger partial charge is 0.475 e. The fourth-order valence-electron chi connectivity index (χ4n) is 4.95. The van der Waals surface area contributed by atoms with Gasteiger partial charge in [0.2, 0.25) is 6.23 Å². The van der Waals surface area contributed by atoms with Crippen molar-refractivity contribution in [2.24, 2.45) is 5.92 Å². The van der Waals surface area contributed by atoms with Crippen LogP contribution in [0.1, 0.15) is 83.7 Å². The van der Waals surface area contributed by atoms with E-state index in [1.54, 1.807) is 0 Å². The molecule has 2 unspecified atom stereocenters. The van der Waals surface area contributed by atoms with E-state index < -0.39 is 0 Å². The van der Waals surface area contributed by atoms with Gasteiger partial charge in [0.15, 0.2) is 0 Å². The molecule has 0 radical (unpaired) electrons. The van der Waals surface area contributed by atoms with Gasteiger partial charge in [-0.2, -0.15) is 4.37 Å². The Hall–Kier alpha value is -1.51. The molecule has 2 aliphatic rings. The summed E-state index contributed by atoms with van der Waals surface area (Å²) in [5, 5.41) is 7.00. The van der Waals surface area contributed by atoms with Crippen LogP contribution in [0.2, 0.25) is 0 Å². The molecule has 0 aromatic carbocycles. The second-order valence-electron chi connectivity index (χ2n) is 9.10. The number of unbranched alkanes of at least 4 members (excludes halogenated alkanes) is 3. The summed E-state index contributed by atoms with van der Waals surface area (Å²) in [5.74, 6) is 0.931. The van der Waals surface area contributed by atoms with E-state index in [2.05, 4.69) is 28.8 Å². The SMILES string of the molecule is CCCCCCOc1nsnc1C1=CCC[N+](C)(C(OC(C)=O)C2CCCCC2)C1.CO. The molecule has 0 amide bonds. The Morgan fingerprint density at radius 3 is 2.66 bits per heavy atom. The number of nitrogens with zero attached hydrogens (tertiary/aromatic N) is 3. The molecule has 1 fully saturated rings. The normalized spacial score (nSPS) is 22.3. The first-order valence-electron chi connectivity index (χ1n) is 12.1. The zero-order chi connectivity index (χ0) is 23.4. The molecular weight excluding hydrogens is 426 g/mol. The number of quaternary nitrogens is 1. The first-order chi connectivity index (χ1) is 15.5. The molecule has 1 saturated carbocycles. The van der Waals surface area contributed by atoms with Gasteiger partial charge in [-0.3, -0.25) is 9.28 Å². The summed E-state index contributed by atoms with van der Waals surface area (Å²) < 4.78 is 21.7. The van der Waals surface area contributed by atoms with Gasteiger partial charge in [0.1, 0.15) is 12.2 Å². The first kappa shape index (κ1) is 26.7. The van der Waals surface area contributed by atoms with Crippen molar-refractivity contribution < 1.29 is 23.9 Å². The van der Waals surface area contributed by atoms with E-state index in [-0.39, 0.29) is 12.2 Å². The highest BCUT2D eigenvalue weighted by molar-refractivity contribution is 6.99. The number of carbonyl (C=O) groups excluding carboxylic acids is 1. The number of esters is 1. The summed E-state index contributed by atoms with van der Waals surface area (Å²) in [6, 6.07) is 0. The van der Waals surface area contributed by atoms with E-state index >= 15 is 0 Å². The second-order valence-corrected chi connectivity index (χ2v) is 9.63. The molecule has 182 valence electrons. The van der Waals surface area contributed by atoms with Crippen LogP contribution < -0.4 is 4.74 Å². The van der Waals surface area contributed by atoms with E-state index in [1.807, 2.05) is 0 Å². The average Bonchev–Trinajstić information content (AvgIpc) is 3.28. The number of aliphatic hydroxyl groups is 1. The molecule has 0 bridgehead atoms.